The van der Waals surface area contributed by atoms with Crippen LogP contribution in [0.4, 0.5) is 14.5 Å². The molecule has 1 amide bonds. The van der Waals surface area contributed by atoms with E-state index in [-0.39, 0.29) is 17.6 Å². The van der Waals surface area contributed by atoms with Gasteiger partial charge in [-0.1, -0.05) is 32.9 Å². The van der Waals surface area contributed by atoms with Crippen LogP contribution >= 0.6 is 0 Å². The van der Waals surface area contributed by atoms with Crippen molar-refractivity contribution in [2.24, 2.45) is 4.99 Å². The Kier molecular flexibility index (Phi) is 6.78. The summed E-state index contributed by atoms with van der Waals surface area (Å²) in [6.07, 6.45) is 0.792. The number of ether oxygens (including phenoxy) is 1. The van der Waals surface area contributed by atoms with Gasteiger partial charge < -0.3 is 10.1 Å². The smallest absolute Gasteiger partial charge is 0.248 e. The van der Waals surface area contributed by atoms with Gasteiger partial charge in [0.25, 0.3) is 0 Å². The van der Waals surface area contributed by atoms with Gasteiger partial charge in [-0.3, -0.25) is 9.52 Å². The van der Waals surface area contributed by atoms with E-state index in [1.807, 2.05) is 24.3 Å². The third kappa shape index (κ3) is 6.07. The molecule has 7 nitrogen and oxygen atoms in total. The van der Waals surface area contributed by atoms with Crippen molar-refractivity contribution in [1.82, 2.24) is 5.32 Å². The Hall–Kier alpha value is -3.01. The molecule has 178 valence electrons. The number of sulfonamides is 1. The second-order valence-corrected chi connectivity index (χ2v) is 10.8. The summed E-state index contributed by atoms with van der Waals surface area (Å²) in [7, 11) is -3.85. The Bertz CT molecular complexity index is 1170. The Labute approximate surface area is 192 Å². The third-order valence-electron chi connectivity index (χ3n) is 5.16. The highest BCUT2D eigenvalue weighted by molar-refractivity contribution is 7.92. The molecule has 2 N–H and O–H groups in total. The average molecular weight is 480 g/mol. The fourth-order valence-corrected chi connectivity index (χ4v) is 3.86. The van der Waals surface area contributed by atoms with Crippen LogP contribution in [0.5, 0.6) is 0 Å². The highest BCUT2D eigenvalue weighted by Gasteiger charge is 2.28. The third-order valence-corrected chi connectivity index (χ3v) is 5.74. The molecule has 3 rings (SSSR count). The van der Waals surface area contributed by atoms with Crippen molar-refractivity contribution in [2.45, 2.75) is 45.2 Å². The highest BCUT2D eigenvalue weighted by Crippen LogP contribution is 2.26. The maximum atomic E-state index is 14.3. The highest BCUT2D eigenvalue weighted by atomic mass is 32.2. The van der Waals surface area contributed by atoms with Gasteiger partial charge in [-0.25, -0.2) is 22.2 Å². The van der Waals surface area contributed by atoms with Gasteiger partial charge in [-0.05, 0) is 47.7 Å². The van der Waals surface area contributed by atoms with Gasteiger partial charge in [0.05, 0.1) is 12.3 Å². The molecule has 1 heterocycles. The van der Waals surface area contributed by atoms with Crippen molar-refractivity contribution in [3.8, 4) is 0 Å². The van der Waals surface area contributed by atoms with Crippen molar-refractivity contribution >= 4 is 27.5 Å². The number of carbonyl (C=O) groups is 1. The lowest BCUT2D eigenvalue weighted by molar-refractivity contribution is -0.123. The number of carbonyl (C=O) groups excluding carboxylic acids is 1. The van der Waals surface area contributed by atoms with E-state index in [1.165, 1.54) is 0 Å². The van der Waals surface area contributed by atoms with Gasteiger partial charge in [0.2, 0.25) is 21.8 Å². The minimum Gasteiger partial charge on any atom is -0.475 e. The van der Waals surface area contributed by atoms with Crippen LogP contribution in [0.2, 0.25) is 0 Å². The number of aliphatic imine (C=N–C) groups is 1. The Balaban J connectivity index is 1.70. The number of nitrogens with one attached hydrogen (secondary N) is 2. The van der Waals surface area contributed by atoms with Crippen molar-refractivity contribution in [2.75, 3.05) is 17.6 Å². The molecule has 1 unspecified atom stereocenters. The van der Waals surface area contributed by atoms with Crippen molar-refractivity contribution in [3.05, 3.63) is 64.7 Å². The zero-order chi connectivity index (χ0) is 24.6. The number of amides is 1. The zero-order valence-corrected chi connectivity index (χ0v) is 19.9. The molecular weight excluding hydrogens is 452 g/mol. The molecule has 2 aromatic carbocycles. The monoisotopic (exact) mass is 479 g/mol. The van der Waals surface area contributed by atoms with Crippen LogP contribution in [0.15, 0.2) is 41.4 Å². The van der Waals surface area contributed by atoms with Gasteiger partial charge in [-0.2, -0.15) is 0 Å². The summed E-state index contributed by atoms with van der Waals surface area (Å²) < 4.78 is 58.5. The molecule has 0 saturated heterocycles. The topological polar surface area (TPSA) is 96.9 Å². The van der Waals surface area contributed by atoms with E-state index >= 15 is 0 Å². The molecular formula is C23H27F2N3O4S. The molecule has 0 radical (unpaired) electrons. The number of anilines is 1. The summed E-state index contributed by atoms with van der Waals surface area (Å²) in [6, 6.07) is 8.14. The molecule has 0 saturated carbocycles. The number of benzene rings is 2. The van der Waals surface area contributed by atoms with Crippen LogP contribution in [0.1, 0.15) is 50.4 Å². The summed E-state index contributed by atoms with van der Waals surface area (Å²) in [5, 5.41) is 2.66. The Morgan fingerprint density at radius 3 is 2.24 bits per heavy atom. The lowest BCUT2D eigenvalue weighted by Gasteiger charge is -2.19. The second-order valence-electron chi connectivity index (χ2n) is 9.05. The molecule has 33 heavy (non-hydrogen) atoms. The molecule has 0 fully saturated rings. The first-order valence-corrected chi connectivity index (χ1v) is 12.2. The Morgan fingerprint density at radius 1 is 1.15 bits per heavy atom. The second kappa shape index (κ2) is 9.09. The molecule has 2 atom stereocenters. The van der Waals surface area contributed by atoms with Crippen LogP contribution < -0.4 is 10.0 Å². The molecule has 0 aliphatic carbocycles. The molecule has 2 aromatic rings. The van der Waals surface area contributed by atoms with E-state index in [0.717, 1.165) is 29.5 Å². The first-order chi connectivity index (χ1) is 15.2. The standard InChI is InChI=1S/C23H27F2N3O4S/c1-13(15-10-17(24)20(18(25)11-15)28-33(5,30)31)26-21(29)19-12-32-22(27-19)14-6-8-16(9-7-14)23(2,3)4/h6-11,13,19,28H,12H2,1-5H3,(H,26,29)/t13-,19?/m1/s1. The number of halogens is 2. The van der Waals surface area contributed by atoms with Gasteiger partial charge in [0, 0.05) is 5.56 Å². The maximum Gasteiger partial charge on any atom is 0.248 e. The maximum absolute atomic E-state index is 14.3. The first-order valence-electron chi connectivity index (χ1n) is 10.3. The summed E-state index contributed by atoms with van der Waals surface area (Å²) >= 11 is 0. The van der Waals surface area contributed by atoms with Gasteiger partial charge in [0.15, 0.2) is 17.7 Å². The SMILES string of the molecule is C[C@@H](NC(=O)C1COC(c2ccc(C(C)(C)C)cc2)=N1)c1cc(F)c(NS(C)(=O)=O)c(F)c1. The van der Waals surface area contributed by atoms with Crippen molar-refractivity contribution < 1.29 is 26.7 Å². The molecule has 0 aromatic heterocycles. The van der Waals surface area contributed by atoms with Crippen LogP contribution in [-0.4, -0.2) is 39.1 Å². The first kappa shape index (κ1) is 24.6. The minimum atomic E-state index is -3.85. The van der Waals surface area contributed by atoms with E-state index in [9.17, 15) is 22.0 Å². The molecule has 0 spiro atoms. The summed E-state index contributed by atoms with van der Waals surface area (Å²) in [5.41, 5.74) is 1.29. The quantitative estimate of drug-likeness (QED) is 0.661. The van der Waals surface area contributed by atoms with Crippen LogP contribution in [0.25, 0.3) is 0 Å². The summed E-state index contributed by atoms with van der Waals surface area (Å²) in [6.45, 7) is 7.94. The van der Waals surface area contributed by atoms with Crippen LogP contribution in [0.3, 0.4) is 0 Å². The summed E-state index contributed by atoms with van der Waals surface area (Å²) in [5.74, 6) is -2.26. The zero-order valence-electron chi connectivity index (χ0n) is 19.1. The van der Waals surface area contributed by atoms with Crippen molar-refractivity contribution in [3.63, 3.8) is 0 Å². The fraction of sp³-hybridized carbons (Fsp3) is 0.391. The predicted molar refractivity (Wildman–Crippen MR) is 123 cm³/mol. The normalized spacial score (nSPS) is 17.2. The van der Waals surface area contributed by atoms with E-state index in [4.69, 9.17) is 4.74 Å². The molecule has 1 aliphatic heterocycles. The largest absolute Gasteiger partial charge is 0.475 e. The number of nitrogens with zero attached hydrogens (tertiary/aromatic N) is 1. The van der Waals surface area contributed by atoms with Crippen LogP contribution in [-0.2, 0) is 25.0 Å². The van der Waals surface area contributed by atoms with E-state index in [0.29, 0.717) is 5.90 Å². The van der Waals surface area contributed by atoms with E-state index in [2.05, 4.69) is 31.1 Å². The summed E-state index contributed by atoms with van der Waals surface area (Å²) in [4.78, 5) is 17.0. The van der Waals surface area contributed by atoms with E-state index in [1.54, 1.807) is 11.6 Å². The average Bonchev–Trinajstić information content (AvgIpc) is 3.19. The predicted octanol–water partition coefficient (Wildman–Crippen LogP) is 3.66. The van der Waals surface area contributed by atoms with Gasteiger partial charge in [0.1, 0.15) is 12.3 Å². The number of rotatable bonds is 6. The lowest BCUT2D eigenvalue weighted by Crippen LogP contribution is -2.36. The Morgan fingerprint density at radius 2 is 1.73 bits per heavy atom. The number of hydrogen-bond acceptors (Lipinski definition) is 5. The lowest BCUT2D eigenvalue weighted by atomic mass is 9.87. The van der Waals surface area contributed by atoms with Gasteiger partial charge in [-0.15, -0.1) is 0 Å². The minimum absolute atomic E-state index is 0.00738. The molecule has 1 aliphatic rings. The van der Waals surface area contributed by atoms with Crippen LogP contribution in [0, 0.1) is 11.6 Å². The van der Waals surface area contributed by atoms with E-state index < -0.39 is 45.3 Å². The molecule has 0 bridgehead atoms. The van der Waals surface area contributed by atoms with Crippen molar-refractivity contribution in [1.29, 1.82) is 0 Å². The molecule has 10 heteroatoms. The fourth-order valence-electron chi connectivity index (χ4n) is 3.30. The number of hydrogen-bond donors (Lipinski definition) is 2. The van der Waals surface area contributed by atoms with Gasteiger partial charge >= 0.3 is 0 Å².